The zero-order valence-corrected chi connectivity index (χ0v) is 20.6. The van der Waals surface area contributed by atoms with Crippen LogP contribution in [-0.2, 0) is 11.3 Å². The third kappa shape index (κ3) is 7.42. The maximum Gasteiger partial charge on any atom is 0.191 e. The fourth-order valence-electron chi connectivity index (χ4n) is 3.69. The van der Waals surface area contributed by atoms with Gasteiger partial charge in [0.1, 0.15) is 0 Å². The Hall–Kier alpha value is -0.450. The molecule has 1 aromatic rings. The molecule has 1 aromatic heterocycles. The van der Waals surface area contributed by atoms with Gasteiger partial charge in [0, 0.05) is 50.1 Å². The van der Waals surface area contributed by atoms with Gasteiger partial charge in [-0.25, -0.2) is 9.98 Å². The summed E-state index contributed by atoms with van der Waals surface area (Å²) in [7, 11) is 0. The van der Waals surface area contributed by atoms with Gasteiger partial charge in [0.15, 0.2) is 5.96 Å². The second-order valence-electron chi connectivity index (χ2n) is 7.98. The third-order valence-corrected chi connectivity index (χ3v) is 6.47. The van der Waals surface area contributed by atoms with E-state index in [1.165, 1.54) is 30.8 Å². The van der Waals surface area contributed by atoms with Crippen molar-refractivity contribution in [1.82, 2.24) is 20.5 Å². The Bertz CT molecular complexity index is 595. The quantitative estimate of drug-likeness (QED) is 0.327. The molecule has 3 heterocycles. The van der Waals surface area contributed by atoms with Crippen molar-refractivity contribution >= 4 is 41.3 Å². The molecule has 0 radical (unpaired) electrons. The molecule has 2 saturated heterocycles. The minimum absolute atomic E-state index is 0. The van der Waals surface area contributed by atoms with Crippen LogP contribution in [-0.4, -0.2) is 61.3 Å². The predicted molar refractivity (Wildman–Crippen MR) is 128 cm³/mol. The molecule has 2 aliphatic rings. The molecule has 0 amide bonds. The van der Waals surface area contributed by atoms with E-state index in [4.69, 9.17) is 9.73 Å². The first kappa shape index (κ1) is 23.8. The lowest BCUT2D eigenvalue weighted by Gasteiger charge is -2.34. The summed E-state index contributed by atoms with van der Waals surface area (Å²) in [6.45, 7) is 13.4. The standard InChI is InChI=1S/C20H35N5OS.HI/c1-4-21-20(22-11-18-14-27-19(23-18)15(2)3)24-17-5-8-25(9-6-17)12-16-7-10-26-13-16;/h14-17H,4-13H2,1-3H3,(H2,21,22,24);1H. The maximum absolute atomic E-state index is 5.51. The van der Waals surface area contributed by atoms with E-state index in [0.29, 0.717) is 18.5 Å². The van der Waals surface area contributed by atoms with Crippen molar-refractivity contribution < 1.29 is 4.74 Å². The first-order valence-electron chi connectivity index (χ1n) is 10.4. The van der Waals surface area contributed by atoms with Crippen LogP contribution in [0.5, 0.6) is 0 Å². The van der Waals surface area contributed by atoms with Crippen LogP contribution in [0.4, 0.5) is 0 Å². The van der Waals surface area contributed by atoms with Crippen LogP contribution >= 0.6 is 35.3 Å². The van der Waals surface area contributed by atoms with Crippen LogP contribution in [0.3, 0.4) is 0 Å². The summed E-state index contributed by atoms with van der Waals surface area (Å²) in [6.07, 6.45) is 3.57. The lowest BCUT2D eigenvalue weighted by molar-refractivity contribution is 0.150. The van der Waals surface area contributed by atoms with Crippen molar-refractivity contribution in [2.75, 3.05) is 39.4 Å². The summed E-state index contributed by atoms with van der Waals surface area (Å²) in [6, 6.07) is 0.500. The molecular formula is C20H36IN5OS. The number of guanidine groups is 1. The average Bonchev–Trinajstić information content (AvgIpc) is 3.33. The van der Waals surface area contributed by atoms with Crippen LogP contribution in [0.15, 0.2) is 10.4 Å². The van der Waals surface area contributed by atoms with Crippen molar-refractivity contribution in [1.29, 1.82) is 0 Å². The van der Waals surface area contributed by atoms with Gasteiger partial charge in [-0.3, -0.25) is 0 Å². The third-order valence-electron chi connectivity index (χ3n) is 5.28. The van der Waals surface area contributed by atoms with E-state index in [0.717, 1.165) is 50.4 Å². The van der Waals surface area contributed by atoms with E-state index in [-0.39, 0.29) is 24.0 Å². The molecule has 0 bridgehead atoms. The highest BCUT2D eigenvalue weighted by atomic mass is 127. The maximum atomic E-state index is 5.51. The Kier molecular flexibility index (Phi) is 10.5. The Morgan fingerprint density at radius 1 is 1.36 bits per heavy atom. The van der Waals surface area contributed by atoms with E-state index < -0.39 is 0 Å². The number of ether oxygens (including phenoxy) is 1. The second-order valence-corrected chi connectivity index (χ2v) is 8.87. The minimum Gasteiger partial charge on any atom is -0.381 e. The lowest BCUT2D eigenvalue weighted by Crippen LogP contribution is -2.49. The molecule has 3 rings (SSSR count). The van der Waals surface area contributed by atoms with Gasteiger partial charge in [-0.1, -0.05) is 13.8 Å². The van der Waals surface area contributed by atoms with Gasteiger partial charge >= 0.3 is 0 Å². The Morgan fingerprint density at radius 3 is 2.75 bits per heavy atom. The summed E-state index contributed by atoms with van der Waals surface area (Å²) >= 11 is 1.74. The Balaban J connectivity index is 0.00000280. The highest BCUT2D eigenvalue weighted by Gasteiger charge is 2.24. The molecule has 28 heavy (non-hydrogen) atoms. The fourth-order valence-corrected chi connectivity index (χ4v) is 4.51. The molecule has 0 aromatic carbocycles. The van der Waals surface area contributed by atoms with Gasteiger partial charge in [0.25, 0.3) is 0 Å². The van der Waals surface area contributed by atoms with Crippen LogP contribution < -0.4 is 10.6 Å². The molecule has 2 N–H and O–H groups in total. The normalized spacial score (nSPS) is 21.7. The summed E-state index contributed by atoms with van der Waals surface area (Å²) in [5.41, 5.74) is 1.06. The number of likely N-dealkylation sites (tertiary alicyclic amines) is 1. The van der Waals surface area contributed by atoms with Crippen molar-refractivity contribution in [3.8, 4) is 0 Å². The van der Waals surface area contributed by atoms with Gasteiger partial charge < -0.3 is 20.3 Å². The van der Waals surface area contributed by atoms with Gasteiger partial charge in [0.2, 0.25) is 0 Å². The monoisotopic (exact) mass is 521 g/mol. The van der Waals surface area contributed by atoms with E-state index in [1.54, 1.807) is 11.3 Å². The number of rotatable bonds is 7. The smallest absolute Gasteiger partial charge is 0.191 e. The van der Waals surface area contributed by atoms with Crippen LogP contribution in [0.2, 0.25) is 0 Å². The fraction of sp³-hybridized carbons (Fsp3) is 0.800. The van der Waals surface area contributed by atoms with Crippen molar-refractivity contribution in [2.24, 2.45) is 10.9 Å². The molecular weight excluding hydrogens is 485 g/mol. The van der Waals surface area contributed by atoms with Gasteiger partial charge in [-0.15, -0.1) is 35.3 Å². The first-order valence-corrected chi connectivity index (χ1v) is 11.3. The topological polar surface area (TPSA) is 61.8 Å². The van der Waals surface area contributed by atoms with E-state index in [9.17, 15) is 0 Å². The van der Waals surface area contributed by atoms with Crippen molar-refractivity contribution in [2.45, 2.75) is 58.5 Å². The number of nitrogens with zero attached hydrogens (tertiary/aromatic N) is 3. The number of halogens is 1. The van der Waals surface area contributed by atoms with E-state index in [1.807, 2.05) is 0 Å². The largest absolute Gasteiger partial charge is 0.381 e. The number of hydrogen-bond donors (Lipinski definition) is 2. The van der Waals surface area contributed by atoms with Crippen molar-refractivity contribution in [3.05, 3.63) is 16.1 Å². The number of nitrogens with one attached hydrogen (secondary N) is 2. The summed E-state index contributed by atoms with van der Waals surface area (Å²) in [5, 5.41) is 10.3. The summed E-state index contributed by atoms with van der Waals surface area (Å²) < 4.78 is 5.51. The number of hydrogen-bond acceptors (Lipinski definition) is 5. The molecule has 2 aliphatic heterocycles. The summed E-state index contributed by atoms with van der Waals surface area (Å²) in [4.78, 5) is 12.0. The zero-order chi connectivity index (χ0) is 19.1. The van der Waals surface area contributed by atoms with Gasteiger partial charge in [0.05, 0.1) is 23.9 Å². The van der Waals surface area contributed by atoms with E-state index >= 15 is 0 Å². The zero-order valence-electron chi connectivity index (χ0n) is 17.4. The number of thiazole rings is 1. The number of aromatic nitrogens is 1. The Labute approximate surface area is 190 Å². The molecule has 8 heteroatoms. The molecule has 2 fully saturated rings. The van der Waals surface area contributed by atoms with Crippen LogP contribution in [0.25, 0.3) is 0 Å². The number of aliphatic imine (C=N–C) groups is 1. The number of piperidine rings is 1. The summed E-state index contributed by atoms with van der Waals surface area (Å²) in [5.74, 6) is 2.14. The highest BCUT2D eigenvalue weighted by molar-refractivity contribution is 14.0. The molecule has 0 spiro atoms. The SMILES string of the molecule is CCNC(=NCc1csc(C(C)C)n1)NC1CCN(CC2CCOC2)CC1.I. The van der Waals surface area contributed by atoms with Gasteiger partial charge in [-0.05, 0) is 32.1 Å². The van der Waals surface area contributed by atoms with E-state index in [2.05, 4.69) is 46.7 Å². The lowest BCUT2D eigenvalue weighted by atomic mass is 10.0. The van der Waals surface area contributed by atoms with Gasteiger partial charge in [-0.2, -0.15) is 0 Å². The molecule has 0 saturated carbocycles. The van der Waals surface area contributed by atoms with Crippen molar-refractivity contribution in [3.63, 3.8) is 0 Å². The predicted octanol–water partition coefficient (Wildman–Crippen LogP) is 3.44. The average molecular weight is 522 g/mol. The molecule has 1 unspecified atom stereocenters. The molecule has 160 valence electrons. The highest BCUT2D eigenvalue weighted by Crippen LogP contribution is 2.20. The van der Waals surface area contributed by atoms with Crippen LogP contribution in [0, 0.1) is 5.92 Å². The molecule has 1 atom stereocenters. The second kappa shape index (κ2) is 12.3. The molecule has 0 aliphatic carbocycles. The first-order chi connectivity index (χ1) is 13.1. The van der Waals surface area contributed by atoms with Crippen LogP contribution in [0.1, 0.15) is 56.7 Å². The minimum atomic E-state index is 0. The Morgan fingerprint density at radius 2 is 2.14 bits per heavy atom. The molecule has 6 nitrogen and oxygen atoms in total.